The molecule has 0 aromatic carbocycles. The van der Waals surface area contributed by atoms with E-state index in [2.05, 4.69) is 12.6 Å². The second kappa shape index (κ2) is 5.47. The molecule has 1 fully saturated rings. The van der Waals surface area contributed by atoms with Crippen molar-refractivity contribution >= 4 is 12.6 Å². The first-order valence-electron chi connectivity index (χ1n) is 4.93. The first-order chi connectivity index (χ1) is 6.97. The van der Waals surface area contributed by atoms with Crippen LogP contribution in [0.5, 0.6) is 0 Å². The summed E-state index contributed by atoms with van der Waals surface area (Å²) in [5.41, 5.74) is 0. The van der Waals surface area contributed by atoms with Crippen LogP contribution >= 0.6 is 12.6 Å². The van der Waals surface area contributed by atoms with Crippen LogP contribution in [-0.2, 0) is 9.47 Å². The van der Waals surface area contributed by atoms with Gasteiger partial charge in [0.15, 0.2) is 6.29 Å². The maximum Gasteiger partial charge on any atom is 0.186 e. The van der Waals surface area contributed by atoms with E-state index in [1.165, 1.54) is 0 Å². The van der Waals surface area contributed by atoms with Crippen LogP contribution in [0.3, 0.4) is 0 Å². The first kappa shape index (κ1) is 13.2. The van der Waals surface area contributed by atoms with Crippen molar-refractivity contribution < 1.29 is 24.8 Å². The Bertz CT molecular complexity index is 199. The molecule has 1 aliphatic heterocycles. The van der Waals surface area contributed by atoms with Gasteiger partial charge < -0.3 is 24.8 Å². The van der Waals surface area contributed by atoms with Crippen molar-refractivity contribution in [3.8, 4) is 0 Å². The van der Waals surface area contributed by atoms with Crippen molar-refractivity contribution in [1.82, 2.24) is 0 Å². The smallest absolute Gasteiger partial charge is 0.186 e. The summed E-state index contributed by atoms with van der Waals surface area (Å²) >= 11 is 4.07. The zero-order valence-corrected chi connectivity index (χ0v) is 9.67. The highest BCUT2D eigenvalue weighted by atomic mass is 32.1. The number of hydrogen-bond acceptors (Lipinski definition) is 6. The lowest BCUT2D eigenvalue weighted by atomic mass is 10.0. The molecular formula is C9H18O5S. The fourth-order valence-electron chi connectivity index (χ4n) is 1.45. The minimum Gasteiger partial charge on any atom is -0.394 e. The van der Waals surface area contributed by atoms with Crippen molar-refractivity contribution in [2.24, 2.45) is 0 Å². The number of thiol groups is 1. The molecule has 0 aromatic rings. The predicted molar refractivity (Wildman–Crippen MR) is 56.8 cm³/mol. The number of aliphatic hydroxyl groups is 3. The molecule has 0 radical (unpaired) electrons. The molecule has 3 N–H and O–H groups in total. The van der Waals surface area contributed by atoms with E-state index < -0.39 is 29.9 Å². The highest BCUT2D eigenvalue weighted by Crippen LogP contribution is 2.25. The Morgan fingerprint density at radius 1 is 1.33 bits per heavy atom. The van der Waals surface area contributed by atoms with Gasteiger partial charge in [-0.15, -0.1) is 0 Å². The molecule has 1 rings (SSSR count). The lowest BCUT2D eigenvalue weighted by Gasteiger charge is -2.40. The monoisotopic (exact) mass is 238 g/mol. The van der Waals surface area contributed by atoms with Gasteiger partial charge in [0.25, 0.3) is 0 Å². The molecule has 0 aromatic heterocycles. The zero-order valence-electron chi connectivity index (χ0n) is 8.78. The summed E-state index contributed by atoms with van der Waals surface area (Å²) in [4.78, 5) is 0. The largest absolute Gasteiger partial charge is 0.394 e. The van der Waals surface area contributed by atoms with Crippen molar-refractivity contribution in [2.75, 3.05) is 6.61 Å². The minimum atomic E-state index is -1.14. The van der Waals surface area contributed by atoms with Gasteiger partial charge in [-0.2, -0.15) is 12.6 Å². The quantitative estimate of drug-likeness (QED) is 0.482. The number of rotatable bonds is 3. The first-order valence-corrected chi connectivity index (χ1v) is 5.45. The van der Waals surface area contributed by atoms with E-state index in [-0.39, 0.29) is 12.7 Å². The van der Waals surface area contributed by atoms with E-state index in [1.807, 2.05) is 0 Å². The summed E-state index contributed by atoms with van der Waals surface area (Å²) in [7, 11) is 0. The average Bonchev–Trinajstić information content (AvgIpc) is 2.18. The maximum atomic E-state index is 9.64. The normalized spacial score (nSPS) is 42.2. The second-order valence-corrected chi connectivity index (χ2v) is 4.48. The standard InChI is InChI=1S/C9H18O5S/c1-4(2)13-9-7(12)6(11)8(15)5(3-10)14-9/h4-12,15H,3H2,1-2H3/t5-,6-,7-,8+,9+/m0/s1. The Labute approximate surface area is 94.4 Å². The van der Waals surface area contributed by atoms with Crippen LogP contribution in [0.2, 0.25) is 0 Å². The average molecular weight is 238 g/mol. The highest BCUT2D eigenvalue weighted by Gasteiger charge is 2.43. The summed E-state index contributed by atoms with van der Waals surface area (Å²) in [6.45, 7) is 3.32. The van der Waals surface area contributed by atoms with E-state index in [9.17, 15) is 10.2 Å². The molecule has 0 unspecified atom stereocenters. The Morgan fingerprint density at radius 3 is 2.40 bits per heavy atom. The molecule has 5 nitrogen and oxygen atoms in total. The summed E-state index contributed by atoms with van der Waals surface area (Å²) in [6, 6.07) is 0. The van der Waals surface area contributed by atoms with Crippen molar-refractivity contribution in [3.63, 3.8) is 0 Å². The molecule has 1 heterocycles. The molecule has 1 aliphatic rings. The SMILES string of the molecule is CC(C)O[C@@H]1O[C@@H](CO)[C@@H](S)[C@@H](O)[C@@H]1O. The predicted octanol–water partition coefficient (Wildman–Crippen LogP) is -0.851. The fraction of sp³-hybridized carbons (Fsp3) is 1.00. The molecule has 0 bridgehead atoms. The van der Waals surface area contributed by atoms with E-state index in [0.717, 1.165) is 0 Å². The van der Waals surface area contributed by atoms with Crippen LogP contribution < -0.4 is 0 Å². The summed E-state index contributed by atoms with van der Waals surface area (Å²) in [5.74, 6) is 0. The Kier molecular flexibility index (Phi) is 4.82. The molecule has 5 atom stereocenters. The number of hydrogen-bond donors (Lipinski definition) is 4. The molecule has 0 amide bonds. The topological polar surface area (TPSA) is 79.2 Å². The number of ether oxygens (including phenoxy) is 2. The highest BCUT2D eigenvalue weighted by molar-refractivity contribution is 7.81. The van der Waals surface area contributed by atoms with Crippen LogP contribution in [-0.4, -0.2) is 57.9 Å². The lowest BCUT2D eigenvalue weighted by Crippen LogP contribution is -2.57. The van der Waals surface area contributed by atoms with Gasteiger partial charge in [0.2, 0.25) is 0 Å². The third-order valence-electron chi connectivity index (χ3n) is 2.25. The molecule has 15 heavy (non-hydrogen) atoms. The van der Waals surface area contributed by atoms with Gasteiger partial charge in [0.1, 0.15) is 6.10 Å². The zero-order chi connectivity index (χ0) is 11.6. The van der Waals surface area contributed by atoms with Crippen LogP contribution in [0.15, 0.2) is 0 Å². The lowest BCUT2D eigenvalue weighted by molar-refractivity contribution is -0.277. The third-order valence-corrected chi connectivity index (χ3v) is 2.89. The Balaban J connectivity index is 2.65. The van der Waals surface area contributed by atoms with E-state index >= 15 is 0 Å². The van der Waals surface area contributed by atoms with Crippen LogP contribution in [0, 0.1) is 0 Å². The van der Waals surface area contributed by atoms with Gasteiger partial charge >= 0.3 is 0 Å². The maximum absolute atomic E-state index is 9.64. The van der Waals surface area contributed by atoms with Crippen LogP contribution in [0.25, 0.3) is 0 Å². The van der Waals surface area contributed by atoms with Crippen LogP contribution in [0.1, 0.15) is 13.8 Å². The molecule has 1 saturated heterocycles. The second-order valence-electron chi connectivity index (χ2n) is 3.88. The Morgan fingerprint density at radius 2 is 1.93 bits per heavy atom. The van der Waals surface area contributed by atoms with Gasteiger partial charge in [-0.1, -0.05) is 0 Å². The van der Waals surface area contributed by atoms with Crippen molar-refractivity contribution in [2.45, 2.75) is 49.8 Å². The van der Waals surface area contributed by atoms with Gasteiger partial charge in [0.05, 0.1) is 30.2 Å². The fourth-order valence-corrected chi connectivity index (χ4v) is 1.79. The summed E-state index contributed by atoms with van der Waals surface area (Å²) < 4.78 is 10.6. The molecule has 0 aliphatic carbocycles. The summed E-state index contributed by atoms with van der Waals surface area (Å²) in [5, 5.41) is 27.7. The molecule has 90 valence electrons. The van der Waals surface area contributed by atoms with E-state index in [0.29, 0.717) is 0 Å². The van der Waals surface area contributed by atoms with Gasteiger partial charge in [-0.3, -0.25) is 0 Å². The minimum absolute atomic E-state index is 0.132. The molecule has 0 spiro atoms. The van der Waals surface area contributed by atoms with Gasteiger partial charge in [0, 0.05) is 0 Å². The number of aliphatic hydroxyl groups excluding tert-OH is 3. The van der Waals surface area contributed by atoms with Gasteiger partial charge in [-0.05, 0) is 13.8 Å². The van der Waals surface area contributed by atoms with Crippen LogP contribution in [0.4, 0.5) is 0 Å². The van der Waals surface area contributed by atoms with E-state index in [1.54, 1.807) is 13.8 Å². The summed E-state index contributed by atoms with van der Waals surface area (Å²) in [6.07, 6.45) is -3.88. The molecule has 0 saturated carbocycles. The third kappa shape index (κ3) is 3.05. The molecular weight excluding hydrogens is 220 g/mol. The van der Waals surface area contributed by atoms with Crippen molar-refractivity contribution in [1.29, 1.82) is 0 Å². The Hall–Kier alpha value is 0.150. The van der Waals surface area contributed by atoms with Gasteiger partial charge in [-0.25, -0.2) is 0 Å². The molecule has 6 heteroatoms. The van der Waals surface area contributed by atoms with Crippen molar-refractivity contribution in [3.05, 3.63) is 0 Å². The van der Waals surface area contributed by atoms with E-state index in [4.69, 9.17) is 14.6 Å².